The van der Waals surface area contributed by atoms with Crippen LogP contribution in [0.1, 0.15) is 16.8 Å². The molecule has 4 rings (SSSR count). The Bertz CT molecular complexity index is 1390. The van der Waals surface area contributed by atoms with E-state index in [1.165, 1.54) is 24.3 Å². The number of benzene rings is 3. The van der Waals surface area contributed by atoms with Crippen LogP contribution in [0.2, 0.25) is 5.02 Å². The number of pyridine rings is 1. The summed E-state index contributed by atoms with van der Waals surface area (Å²) in [7, 11) is -4.04. The summed E-state index contributed by atoms with van der Waals surface area (Å²) in [4.78, 5) is 3.84. The van der Waals surface area contributed by atoms with Gasteiger partial charge >= 0.3 is 16.3 Å². The molecule has 0 saturated heterocycles. The van der Waals surface area contributed by atoms with Gasteiger partial charge in [0.1, 0.15) is 10.6 Å². The van der Waals surface area contributed by atoms with Gasteiger partial charge in [-0.15, -0.1) is 0 Å². The van der Waals surface area contributed by atoms with Crippen LogP contribution >= 0.6 is 11.6 Å². The van der Waals surface area contributed by atoms with Crippen molar-refractivity contribution in [3.05, 3.63) is 101 Å². The number of hydrogen-bond donors (Lipinski definition) is 0. The van der Waals surface area contributed by atoms with Crippen LogP contribution in [-0.4, -0.2) is 13.4 Å². The Hall–Kier alpha value is -3.10. The molecule has 1 heterocycles. The van der Waals surface area contributed by atoms with E-state index in [2.05, 4.69) is 4.98 Å². The molecular weight excluding hydrogens is 463 g/mol. The Morgan fingerprint density at radius 1 is 0.906 bits per heavy atom. The SMILES string of the molecule is O=S(=O)(Oc1ccc(Cc2ncc(C(F)(F)F)cc2Cl)cc1)c1ccc2ccccc2c1. The number of aromatic nitrogens is 1. The lowest BCUT2D eigenvalue weighted by atomic mass is 10.1. The topological polar surface area (TPSA) is 56.3 Å². The highest BCUT2D eigenvalue weighted by Gasteiger charge is 2.31. The van der Waals surface area contributed by atoms with Gasteiger partial charge in [0.25, 0.3) is 0 Å². The first kappa shape index (κ1) is 22.1. The Morgan fingerprint density at radius 2 is 1.59 bits per heavy atom. The molecule has 0 spiro atoms. The molecule has 3 aromatic carbocycles. The molecular formula is C23H15ClF3NO3S. The molecule has 32 heavy (non-hydrogen) atoms. The van der Waals surface area contributed by atoms with Crippen LogP contribution in [0.5, 0.6) is 5.75 Å². The first-order valence-electron chi connectivity index (χ1n) is 9.36. The van der Waals surface area contributed by atoms with E-state index in [0.717, 1.165) is 23.0 Å². The quantitative estimate of drug-likeness (QED) is 0.318. The number of rotatable bonds is 5. The van der Waals surface area contributed by atoms with Gasteiger partial charge in [-0.2, -0.15) is 21.6 Å². The zero-order valence-electron chi connectivity index (χ0n) is 16.3. The van der Waals surface area contributed by atoms with Crippen molar-refractivity contribution in [2.24, 2.45) is 0 Å². The third-order valence-electron chi connectivity index (χ3n) is 4.76. The van der Waals surface area contributed by atoms with Gasteiger partial charge in [0, 0.05) is 12.6 Å². The molecule has 9 heteroatoms. The maximum atomic E-state index is 12.7. The number of hydrogen-bond acceptors (Lipinski definition) is 4. The summed E-state index contributed by atoms with van der Waals surface area (Å²) in [6.45, 7) is 0. The van der Waals surface area contributed by atoms with Gasteiger partial charge in [0.05, 0.1) is 16.3 Å². The Balaban J connectivity index is 1.50. The number of fused-ring (bicyclic) bond motifs is 1. The molecule has 0 saturated carbocycles. The molecule has 0 fully saturated rings. The maximum absolute atomic E-state index is 12.7. The van der Waals surface area contributed by atoms with Crippen LogP contribution in [-0.2, 0) is 22.7 Å². The molecule has 0 bridgehead atoms. The van der Waals surface area contributed by atoms with Crippen molar-refractivity contribution in [3.63, 3.8) is 0 Å². The minimum atomic E-state index is -4.52. The van der Waals surface area contributed by atoms with Gasteiger partial charge in [0.2, 0.25) is 0 Å². The van der Waals surface area contributed by atoms with Crippen molar-refractivity contribution in [2.75, 3.05) is 0 Å². The van der Waals surface area contributed by atoms with Crippen LogP contribution in [0.15, 0.2) is 83.9 Å². The van der Waals surface area contributed by atoms with Gasteiger partial charge in [-0.1, -0.05) is 54.1 Å². The van der Waals surface area contributed by atoms with Crippen LogP contribution in [0, 0.1) is 0 Å². The smallest absolute Gasteiger partial charge is 0.379 e. The summed E-state index contributed by atoms with van der Waals surface area (Å²) in [6.07, 6.45) is -3.62. The minimum Gasteiger partial charge on any atom is -0.379 e. The van der Waals surface area contributed by atoms with E-state index in [1.54, 1.807) is 18.2 Å². The zero-order chi connectivity index (χ0) is 22.9. The number of halogens is 4. The predicted molar refractivity (Wildman–Crippen MR) is 115 cm³/mol. The standard InChI is InChI=1S/C23H15ClF3NO3S/c24-21-13-18(23(25,26)27)14-28-22(21)11-15-5-8-19(9-6-15)31-32(29,30)20-10-7-16-3-1-2-4-17(16)12-20/h1-10,12-14H,11H2. The van der Waals surface area contributed by atoms with E-state index in [4.69, 9.17) is 15.8 Å². The predicted octanol–water partition coefficient (Wildman–Crippen LogP) is 6.27. The first-order valence-corrected chi connectivity index (χ1v) is 11.1. The summed E-state index contributed by atoms with van der Waals surface area (Å²) >= 11 is 5.95. The Labute approximate surface area is 187 Å². The number of alkyl halides is 3. The van der Waals surface area contributed by atoms with Crippen molar-refractivity contribution < 1.29 is 25.8 Å². The van der Waals surface area contributed by atoms with Crippen LogP contribution in [0.4, 0.5) is 13.2 Å². The molecule has 164 valence electrons. The molecule has 4 aromatic rings. The van der Waals surface area contributed by atoms with Gasteiger partial charge in [0.15, 0.2) is 0 Å². The lowest BCUT2D eigenvalue weighted by molar-refractivity contribution is -0.137. The molecule has 0 amide bonds. The molecule has 0 radical (unpaired) electrons. The third-order valence-corrected chi connectivity index (χ3v) is 6.33. The summed E-state index contributed by atoms with van der Waals surface area (Å²) in [5.74, 6) is 0.105. The largest absolute Gasteiger partial charge is 0.417 e. The van der Waals surface area contributed by atoms with Crippen LogP contribution in [0.25, 0.3) is 10.8 Å². The highest BCUT2D eigenvalue weighted by atomic mass is 35.5. The monoisotopic (exact) mass is 477 g/mol. The maximum Gasteiger partial charge on any atom is 0.417 e. The second kappa shape index (κ2) is 8.44. The van der Waals surface area contributed by atoms with Crippen LogP contribution < -0.4 is 4.18 Å². The summed E-state index contributed by atoms with van der Waals surface area (Å²) in [5, 5.41) is 1.58. The fourth-order valence-corrected chi connectivity index (χ4v) is 4.31. The normalized spacial score (nSPS) is 12.1. The van der Waals surface area contributed by atoms with Crippen molar-refractivity contribution in [1.82, 2.24) is 4.98 Å². The van der Waals surface area contributed by atoms with Crippen LogP contribution in [0.3, 0.4) is 0 Å². The number of nitrogens with zero attached hydrogens (tertiary/aromatic N) is 1. The van der Waals surface area contributed by atoms with Crippen molar-refractivity contribution in [2.45, 2.75) is 17.5 Å². The minimum absolute atomic E-state index is 0.0287. The van der Waals surface area contributed by atoms with E-state index in [9.17, 15) is 21.6 Å². The van der Waals surface area contributed by atoms with Gasteiger partial charge in [-0.05, 0) is 46.7 Å². The molecule has 0 N–H and O–H groups in total. The lowest BCUT2D eigenvalue weighted by Gasteiger charge is -2.10. The second-order valence-corrected chi connectivity index (χ2v) is 8.97. The first-order chi connectivity index (χ1) is 15.1. The van der Waals surface area contributed by atoms with E-state index in [1.807, 2.05) is 24.3 Å². The highest BCUT2D eigenvalue weighted by Crippen LogP contribution is 2.31. The molecule has 4 nitrogen and oxygen atoms in total. The van der Waals surface area contributed by atoms with Crippen molar-refractivity contribution in [3.8, 4) is 5.75 Å². The Morgan fingerprint density at radius 3 is 2.25 bits per heavy atom. The fraction of sp³-hybridized carbons (Fsp3) is 0.0870. The molecule has 0 aliphatic rings. The molecule has 1 aromatic heterocycles. The second-order valence-electron chi connectivity index (χ2n) is 7.02. The summed E-state index contributed by atoms with van der Waals surface area (Å²) < 4.78 is 68.7. The van der Waals surface area contributed by atoms with Gasteiger partial charge < -0.3 is 4.18 Å². The average Bonchev–Trinajstić information content (AvgIpc) is 2.75. The van der Waals surface area contributed by atoms with Gasteiger partial charge in [-0.3, -0.25) is 4.98 Å². The van der Waals surface area contributed by atoms with E-state index >= 15 is 0 Å². The van der Waals surface area contributed by atoms with Crippen molar-refractivity contribution in [1.29, 1.82) is 0 Å². The highest BCUT2D eigenvalue weighted by molar-refractivity contribution is 7.87. The lowest BCUT2D eigenvalue weighted by Crippen LogP contribution is -2.09. The fourth-order valence-electron chi connectivity index (χ4n) is 3.11. The van der Waals surface area contributed by atoms with Crippen molar-refractivity contribution >= 4 is 32.5 Å². The Kier molecular flexibility index (Phi) is 5.83. The molecule has 0 aliphatic carbocycles. The van der Waals surface area contributed by atoms with E-state index in [-0.39, 0.29) is 27.8 Å². The molecule has 0 atom stereocenters. The third kappa shape index (κ3) is 4.87. The summed E-state index contributed by atoms with van der Waals surface area (Å²) in [5.41, 5.74) is 0.0284. The molecule has 0 aliphatic heterocycles. The van der Waals surface area contributed by atoms with E-state index < -0.39 is 21.9 Å². The molecule has 0 unspecified atom stereocenters. The van der Waals surface area contributed by atoms with Gasteiger partial charge in [-0.25, -0.2) is 0 Å². The van der Waals surface area contributed by atoms with E-state index in [0.29, 0.717) is 5.56 Å². The summed E-state index contributed by atoms with van der Waals surface area (Å²) in [6, 6.07) is 19.0. The zero-order valence-corrected chi connectivity index (χ0v) is 17.9. The average molecular weight is 478 g/mol.